The van der Waals surface area contributed by atoms with Gasteiger partial charge >= 0.3 is 0 Å². The van der Waals surface area contributed by atoms with Crippen LogP contribution in [0.25, 0.3) is 0 Å². The molecule has 4 N–H and O–H groups in total. The maximum Gasteiger partial charge on any atom is 0.237 e. The van der Waals surface area contributed by atoms with Crippen LogP contribution in [0.2, 0.25) is 0 Å². The van der Waals surface area contributed by atoms with Crippen molar-refractivity contribution in [2.45, 2.75) is 11.7 Å². The molecule has 10 heteroatoms. The summed E-state index contributed by atoms with van der Waals surface area (Å²) < 4.78 is 27.4. The Bertz CT molecular complexity index is 617. The summed E-state index contributed by atoms with van der Waals surface area (Å²) in [5.41, 5.74) is 5.56. The number of methoxy groups -OCH3 is 1. The molecule has 1 saturated heterocycles. The van der Waals surface area contributed by atoms with Crippen molar-refractivity contribution in [3.05, 3.63) is 6.07 Å². The summed E-state index contributed by atoms with van der Waals surface area (Å²) in [7, 11) is -2.39. The fourth-order valence-electron chi connectivity index (χ4n) is 1.74. The second-order valence-electron chi connectivity index (χ2n) is 4.05. The minimum absolute atomic E-state index is 0.00741. The van der Waals surface area contributed by atoms with Gasteiger partial charge in [0.25, 0.3) is 0 Å². The number of rotatable bonds is 3. The van der Waals surface area contributed by atoms with Crippen LogP contribution in [0.15, 0.2) is 6.07 Å². The van der Waals surface area contributed by atoms with Crippen molar-refractivity contribution in [3.8, 4) is 5.88 Å². The van der Waals surface area contributed by atoms with Gasteiger partial charge in [-0.25, -0.2) is 13.6 Å². The minimum Gasteiger partial charge on any atom is -0.481 e. The zero-order valence-corrected chi connectivity index (χ0v) is 10.9. The second-order valence-corrected chi connectivity index (χ2v) is 5.90. The molecule has 1 fully saturated rings. The number of sulfonamides is 1. The number of hydrogen-bond donors (Lipinski definition) is 2. The predicted octanol–water partition coefficient (Wildman–Crippen LogP) is -1.54. The van der Waals surface area contributed by atoms with E-state index in [0.29, 0.717) is 0 Å². The molecule has 1 unspecified atom stereocenters. The molecule has 1 atom stereocenters. The second kappa shape index (κ2) is 4.63. The van der Waals surface area contributed by atoms with Crippen molar-refractivity contribution in [2.75, 3.05) is 24.3 Å². The van der Waals surface area contributed by atoms with Crippen LogP contribution >= 0.6 is 0 Å². The van der Waals surface area contributed by atoms with Crippen LogP contribution in [0.3, 0.4) is 0 Å². The molecule has 1 aliphatic heterocycles. The van der Waals surface area contributed by atoms with Crippen molar-refractivity contribution in [3.63, 3.8) is 0 Å². The lowest BCUT2D eigenvalue weighted by Crippen LogP contribution is -2.32. The van der Waals surface area contributed by atoms with Gasteiger partial charge in [0, 0.05) is 19.0 Å². The maximum absolute atomic E-state index is 11.8. The number of carbonyl (C=O) groups excluding carboxylic acids is 1. The molecule has 1 aromatic heterocycles. The summed E-state index contributed by atoms with van der Waals surface area (Å²) in [6, 6.07) is 1.39. The van der Waals surface area contributed by atoms with Gasteiger partial charge in [0.1, 0.15) is 11.1 Å². The minimum atomic E-state index is -3.78. The number of amides is 1. The molecule has 0 spiro atoms. The van der Waals surface area contributed by atoms with E-state index in [-0.39, 0.29) is 30.6 Å². The van der Waals surface area contributed by atoms with Crippen LogP contribution in [0, 0.1) is 0 Å². The largest absolute Gasteiger partial charge is 0.481 e. The molecule has 104 valence electrons. The topological polar surface area (TPSA) is 142 Å². The molecule has 0 radical (unpaired) electrons. The molecule has 9 nitrogen and oxygen atoms in total. The van der Waals surface area contributed by atoms with Crippen LogP contribution in [0.1, 0.15) is 6.42 Å². The SMILES string of the molecule is COc1cc(N)nc(N2CC(S(N)(=O)=O)CC2=O)n1. The fourth-order valence-corrected chi connectivity index (χ4v) is 2.48. The highest BCUT2D eigenvalue weighted by Gasteiger charge is 2.38. The van der Waals surface area contributed by atoms with E-state index >= 15 is 0 Å². The van der Waals surface area contributed by atoms with E-state index in [1.54, 1.807) is 0 Å². The number of anilines is 2. The van der Waals surface area contributed by atoms with E-state index in [1.807, 2.05) is 0 Å². The first-order valence-corrected chi connectivity index (χ1v) is 6.92. The monoisotopic (exact) mass is 287 g/mol. The summed E-state index contributed by atoms with van der Waals surface area (Å²) in [6.07, 6.45) is -0.195. The Morgan fingerprint density at radius 1 is 1.47 bits per heavy atom. The van der Waals surface area contributed by atoms with Gasteiger partial charge in [0.05, 0.1) is 7.11 Å². The molecule has 0 bridgehead atoms. The molecule has 1 aliphatic rings. The van der Waals surface area contributed by atoms with Gasteiger partial charge in [0.15, 0.2) is 0 Å². The average Bonchev–Trinajstić information content (AvgIpc) is 2.70. The Kier molecular flexibility index (Phi) is 3.28. The van der Waals surface area contributed by atoms with Gasteiger partial charge in [-0.1, -0.05) is 0 Å². The Labute approximate surface area is 109 Å². The van der Waals surface area contributed by atoms with Gasteiger partial charge in [-0.15, -0.1) is 0 Å². The molecule has 0 aromatic carbocycles. The van der Waals surface area contributed by atoms with Crippen LogP contribution in [0.5, 0.6) is 5.88 Å². The molecule has 2 heterocycles. The summed E-state index contributed by atoms with van der Waals surface area (Å²) in [5, 5.41) is 4.07. The quantitative estimate of drug-likeness (QED) is 0.686. The zero-order valence-electron chi connectivity index (χ0n) is 10.1. The third-order valence-corrected chi connectivity index (χ3v) is 3.96. The summed E-state index contributed by atoms with van der Waals surface area (Å²) in [4.78, 5) is 20.8. The molecular formula is C9H13N5O4S. The van der Waals surface area contributed by atoms with Gasteiger partial charge in [-0.3, -0.25) is 9.69 Å². The lowest BCUT2D eigenvalue weighted by Gasteiger charge is -2.15. The van der Waals surface area contributed by atoms with E-state index in [4.69, 9.17) is 15.6 Å². The lowest BCUT2D eigenvalue weighted by molar-refractivity contribution is -0.117. The van der Waals surface area contributed by atoms with Gasteiger partial charge in [0.2, 0.25) is 27.8 Å². The van der Waals surface area contributed by atoms with E-state index in [9.17, 15) is 13.2 Å². The van der Waals surface area contributed by atoms with Crippen LogP contribution in [0.4, 0.5) is 11.8 Å². The number of nitrogens with zero attached hydrogens (tertiary/aromatic N) is 3. The molecule has 0 saturated carbocycles. The normalized spacial score (nSPS) is 19.8. The number of carbonyl (C=O) groups is 1. The molecule has 1 aromatic rings. The summed E-state index contributed by atoms with van der Waals surface area (Å²) in [6.45, 7) is -0.0930. The molecule has 2 rings (SSSR count). The molecular weight excluding hydrogens is 274 g/mol. The standard InChI is InChI=1S/C9H13N5O4S/c1-18-7-3-6(10)12-9(13-7)14-4-5(2-8(14)15)19(11,16)17/h3,5H,2,4H2,1H3,(H2,10,12,13)(H2,11,16,17). The zero-order chi connectivity index (χ0) is 14.2. The Hall–Kier alpha value is -1.94. The van der Waals surface area contributed by atoms with Crippen molar-refractivity contribution in [2.24, 2.45) is 5.14 Å². The first-order valence-electron chi connectivity index (χ1n) is 5.32. The summed E-state index contributed by atoms with van der Waals surface area (Å²) >= 11 is 0. The highest BCUT2D eigenvalue weighted by atomic mass is 32.2. The maximum atomic E-state index is 11.8. The first-order chi connectivity index (χ1) is 8.81. The van der Waals surface area contributed by atoms with Crippen LogP contribution in [-0.4, -0.2) is 43.2 Å². The predicted molar refractivity (Wildman–Crippen MR) is 66.9 cm³/mol. The lowest BCUT2D eigenvalue weighted by atomic mass is 10.4. The number of primary sulfonamides is 1. The van der Waals surface area contributed by atoms with Crippen LogP contribution < -0.4 is 20.5 Å². The van der Waals surface area contributed by atoms with Gasteiger partial charge in [-0.05, 0) is 0 Å². The number of nitrogens with two attached hydrogens (primary N) is 2. The number of ether oxygens (including phenoxy) is 1. The Morgan fingerprint density at radius 2 is 2.16 bits per heavy atom. The van der Waals surface area contributed by atoms with Crippen molar-refractivity contribution >= 4 is 27.7 Å². The van der Waals surface area contributed by atoms with Crippen LogP contribution in [-0.2, 0) is 14.8 Å². The Balaban J connectivity index is 2.33. The van der Waals surface area contributed by atoms with Crippen molar-refractivity contribution in [1.29, 1.82) is 0 Å². The summed E-state index contributed by atoms with van der Waals surface area (Å²) in [5.74, 6) is -0.109. The van der Waals surface area contributed by atoms with E-state index in [1.165, 1.54) is 13.2 Å². The van der Waals surface area contributed by atoms with E-state index in [2.05, 4.69) is 9.97 Å². The third-order valence-electron chi connectivity index (χ3n) is 2.72. The highest BCUT2D eigenvalue weighted by molar-refractivity contribution is 7.89. The van der Waals surface area contributed by atoms with E-state index in [0.717, 1.165) is 4.90 Å². The molecule has 1 amide bonds. The van der Waals surface area contributed by atoms with E-state index < -0.39 is 21.2 Å². The third kappa shape index (κ3) is 2.74. The number of aromatic nitrogens is 2. The number of hydrogen-bond acceptors (Lipinski definition) is 7. The average molecular weight is 287 g/mol. The van der Waals surface area contributed by atoms with Crippen molar-refractivity contribution < 1.29 is 17.9 Å². The smallest absolute Gasteiger partial charge is 0.237 e. The fraction of sp³-hybridized carbons (Fsp3) is 0.444. The van der Waals surface area contributed by atoms with Gasteiger partial charge in [-0.2, -0.15) is 9.97 Å². The number of nitrogen functional groups attached to an aromatic ring is 1. The molecule has 0 aliphatic carbocycles. The first kappa shape index (κ1) is 13.5. The van der Waals surface area contributed by atoms with Crippen molar-refractivity contribution in [1.82, 2.24) is 9.97 Å². The Morgan fingerprint density at radius 3 is 2.68 bits per heavy atom. The molecule has 19 heavy (non-hydrogen) atoms. The van der Waals surface area contributed by atoms with Gasteiger partial charge < -0.3 is 10.5 Å². The highest BCUT2D eigenvalue weighted by Crippen LogP contribution is 2.23.